The van der Waals surface area contributed by atoms with Gasteiger partial charge in [0.25, 0.3) is 0 Å². The Labute approximate surface area is 148 Å². The van der Waals surface area contributed by atoms with Crippen LogP contribution in [-0.4, -0.2) is 34.8 Å². The first-order chi connectivity index (χ1) is 12.0. The predicted molar refractivity (Wildman–Crippen MR) is 95.5 cm³/mol. The summed E-state index contributed by atoms with van der Waals surface area (Å²) < 4.78 is 10.5. The summed E-state index contributed by atoms with van der Waals surface area (Å²) >= 11 is 0. The quantitative estimate of drug-likeness (QED) is 0.429. The van der Waals surface area contributed by atoms with Gasteiger partial charge in [-0.25, -0.2) is 0 Å². The maximum Gasteiger partial charge on any atom is 0.226 e. The molecule has 25 heavy (non-hydrogen) atoms. The van der Waals surface area contributed by atoms with Crippen molar-refractivity contribution in [3.05, 3.63) is 29.2 Å². The van der Waals surface area contributed by atoms with Gasteiger partial charge >= 0.3 is 0 Å². The van der Waals surface area contributed by atoms with E-state index in [2.05, 4.69) is 44.8 Å². The number of hydrogen-bond acceptors (Lipinski definition) is 6. The van der Waals surface area contributed by atoms with Crippen molar-refractivity contribution >= 4 is 5.96 Å². The maximum atomic E-state index is 5.30. The Hall–Kier alpha value is -2.38. The van der Waals surface area contributed by atoms with Crippen molar-refractivity contribution in [3.63, 3.8) is 0 Å². The second-order valence-corrected chi connectivity index (χ2v) is 6.53. The molecule has 0 aliphatic rings. The van der Waals surface area contributed by atoms with E-state index in [1.54, 1.807) is 7.05 Å². The third-order valence-electron chi connectivity index (χ3n) is 3.68. The molecule has 2 heterocycles. The van der Waals surface area contributed by atoms with Gasteiger partial charge < -0.3 is 19.7 Å². The van der Waals surface area contributed by atoms with Crippen LogP contribution in [0.2, 0.25) is 0 Å². The number of guanidine groups is 1. The number of nitrogens with one attached hydrogen (secondary N) is 2. The second kappa shape index (κ2) is 9.19. The standard InChI is InChI=1S/C17H28N6O2/c1-11(2)14-9-13(24-22-14)10-20-17(18-5)19-8-6-7-15-21-16(12(3)4)23-25-15/h9,11-12H,6-8,10H2,1-5H3,(H2,18,19,20). The second-order valence-electron chi connectivity index (χ2n) is 6.53. The summed E-state index contributed by atoms with van der Waals surface area (Å²) in [6.07, 6.45) is 1.61. The van der Waals surface area contributed by atoms with Gasteiger partial charge in [0.2, 0.25) is 5.89 Å². The number of aryl methyl sites for hydroxylation is 1. The highest BCUT2D eigenvalue weighted by atomic mass is 16.5. The van der Waals surface area contributed by atoms with Crippen molar-refractivity contribution in [2.24, 2.45) is 4.99 Å². The molecule has 0 amide bonds. The van der Waals surface area contributed by atoms with Gasteiger partial charge in [-0.15, -0.1) is 0 Å². The van der Waals surface area contributed by atoms with Gasteiger partial charge in [0.1, 0.15) is 0 Å². The molecule has 0 fully saturated rings. The van der Waals surface area contributed by atoms with E-state index in [0.717, 1.165) is 42.6 Å². The zero-order valence-electron chi connectivity index (χ0n) is 15.7. The third kappa shape index (κ3) is 5.88. The highest BCUT2D eigenvalue weighted by Crippen LogP contribution is 2.13. The minimum Gasteiger partial charge on any atom is -0.359 e. The first kappa shape index (κ1) is 19.0. The molecule has 2 aromatic rings. The van der Waals surface area contributed by atoms with E-state index >= 15 is 0 Å². The van der Waals surface area contributed by atoms with Crippen LogP contribution in [0.4, 0.5) is 0 Å². The van der Waals surface area contributed by atoms with Crippen molar-refractivity contribution < 1.29 is 9.05 Å². The van der Waals surface area contributed by atoms with Gasteiger partial charge in [-0.3, -0.25) is 4.99 Å². The molecule has 0 unspecified atom stereocenters. The maximum absolute atomic E-state index is 5.30. The smallest absolute Gasteiger partial charge is 0.226 e. The highest BCUT2D eigenvalue weighted by molar-refractivity contribution is 5.79. The molecule has 0 aliphatic heterocycles. The summed E-state index contributed by atoms with van der Waals surface area (Å²) in [6, 6.07) is 1.97. The molecule has 2 N–H and O–H groups in total. The average molecular weight is 348 g/mol. The average Bonchev–Trinajstić information content (AvgIpc) is 3.23. The Kier molecular flexibility index (Phi) is 6.97. The van der Waals surface area contributed by atoms with E-state index in [4.69, 9.17) is 9.05 Å². The zero-order valence-corrected chi connectivity index (χ0v) is 15.7. The monoisotopic (exact) mass is 348 g/mol. The Balaban J connectivity index is 1.69. The molecule has 2 rings (SSSR count). The van der Waals surface area contributed by atoms with Crippen molar-refractivity contribution in [3.8, 4) is 0 Å². The fourth-order valence-electron chi connectivity index (χ4n) is 2.13. The minimum atomic E-state index is 0.283. The predicted octanol–water partition coefficient (Wildman–Crippen LogP) is 2.60. The van der Waals surface area contributed by atoms with E-state index in [0.29, 0.717) is 18.4 Å². The first-order valence-corrected chi connectivity index (χ1v) is 8.72. The van der Waals surface area contributed by atoms with E-state index in [1.807, 2.05) is 19.9 Å². The molecule has 2 aromatic heterocycles. The summed E-state index contributed by atoms with van der Waals surface area (Å²) in [5.41, 5.74) is 0.958. The third-order valence-corrected chi connectivity index (χ3v) is 3.68. The molecule has 0 spiro atoms. The molecule has 0 atom stereocenters. The number of hydrogen-bond donors (Lipinski definition) is 2. The fourth-order valence-corrected chi connectivity index (χ4v) is 2.13. The SMILES string of the molecule is CN=C(NCCCc1nc(C(C)C)no1)NCc1cc(C(C)C)no1. The summed E-state index contributed by atoms with van der Waals surface area (Å²) in [5.74, 6) is 3.58. The van der Waals surface area contributed by atoms with E-state index < -0.39 is 0 Å². The Morgan fingerprint density at radius 2 is 1.92 bits per heavy atom. The van der Waals surface area contributed by atoms with Crippen LogP contribution in [0.25, 0.3) is 0 Å². The fraction of sp³-hybridized carbons (Fsp3) is 0.647. The Morgan fingerprint density at radius 3 is 2.52 bits per heavy atom. The van der Waals surface area contributed by atoms with Crippen molar-refractivity contribution in [1.82, 2.24) is 25.9 Å². The van der Waals surface area contributed by atoms with E-state index in [9.17, 15) is 0 Å². The summed E-state index contributed by atoms with van der Waals surface area (Å²) in [6.45, 7) is 9.56. The largest absolute Gasteiger partial charge is 0.359 e. The highest BCUT2D eigenvalue weighted by Gasteiger charge is 2.10. The van der Waals surface area contributed by atoms with E-state index in [1.165, 1.54) is 0 Å². The van der Waals surface area contributed by atoms with Crippen LogP contribution in [0, 0.1) is 0 Å². The van der Waals surface area contributed by atoms with Gasteiger partial charge in [0.15, 0.2) is 17.5 Å². The van der Waals surface area contributed by atoms with Crippen LogP contribution >= 0.6 is 0 Å². The normalized spacial score (nSPS) is 12.2. The molecular weight excluding hydrogens is 320 g/mol. The number of aromatic nitrogens is 3. The first-order valence-electron chi connectivity index (χ1n) is 8.72. The lowest BCUT2D eigenvalue weighted by atomic mass is 10.1. The Bertz CT molecular complexity index is 674. The molecule has 0 aliphatic carbocycles. The number of aliphatic imine (C=N–C) groups is 1. The Morgan fingerprint density at radius 1 is 1.12 bits per heavy atom. The molecule has 8 heteroatoms. The van der Waals surface area contributed by atoms with Crippen LogP contribution in [0.15, 0.2) is 20.1 Å². The van der Waals surface area contributed by atoms with Crippen molar-refractivity contribution in [2.45, 2.75) is 58.9 Å². The van der Waals surface area contributed by atoms with Crippen molar-refractivity contribution in [2.75, 3.05) is 13.6 Å². The molecule has 0 aromatic carbocycles. The van der Waals surface area contributed by atoms with E-state index in [-0.39, 0.29) is 5.92 Å². The summed E-state index contributed by atoms with van der Waals surface area (Å²) in [7, 11) is 1.74. The van der Waals surface area contributed by atoms with Crippen LogP contribution in [0.3, 0.4) is 0 Å². The summed E-state index contributed by atoms with van der Waals surface area (Å²) in [5, 5.41) is 14.5. The summed E-state index contributed by atoms with van der Waals surface area (Å²) in [4.78, 5) is 8.57. The molecule has 0 radical (unpaired) electrons. The van der Waals surface area contributed by atoms with Crippen LogP contribution in [0.1, 0.15) is 69.1 Å². The van der Waals surface area contributed by atoms with Gasteiger partial charge in [0, 0.05) is 32.0 Å². The molecule has 0 bridgehead atoms. The molecule has 8 nitrogen and oxygen atoms in total. The van der Waals surface area contributed by atoms with Crippen LogP contribution in [-0.2, 0) is 13.0 Å². The van der Waals surface area contributed by atoms with Crippen LogP contribution < -0.4 is 10.6 Å². The molecular formula is C17H28N6O2. The number of nitrogens with zero attached hydrogens (tertiary/aromatic N) is 4. The lowest BCUT2D eigenvalue weighted by Gasteiger charge is -2.09. The lowest BCUT2D eigenvalue weighted by molar-refractivity contribution is 0.368. The van der Waals surface area contributed by atoms with Crippen LogP contribution in [0.5, 0.6) is 0 Å². The number of rotatable bonds is 8. The van der Waals surface area contributed by atoms with Gasteiger partial charge in [0.05, 0.1) is 12.2 Å². The minimum absolute atomic E-state index is 0.283. The zero-order chi connectivity index (χ0) is 18.2. The molecule has 138 valence electrons. The van der Waals surface area contributed by atoms with Gasteiger partial charge in [-0.1, -0.05) is 38.0 Å². The topological polar surface area (TPSA) is 101 Å². The van der Waals surface area contributed by atoms with Crippen molar-refractivity contribution in [1.29, 1.82) is 0 Å². The van der Waals surface area contributed by atoms with Gasteiger partial charge in [-0.05, 0) is 12.3 Å². The molecule has 0 saturated carbocycles. The molecule has 0 saturated heterocycles. The lowest BCUT2D eigenvalue weighted by Crippen LogP contribution is -2.37. The van der Waals surface area contributed by atoms with Gasteiger partial charge in [-0.2, -0.15) is 4.98 Å².